The zero-order chi connectivity index (χ0) is 12.9. The van der Waals surface area contributed by atoms with Crippen LogP contribution in [-0.4, -0.2) is 22.5 Å². The van der Waals surface area contributed by atoms with Crippen molar-refractivity contribution >= 4 is 9.28 Å². The monoisotopic (exact) mass is 257 g/mol. The highest BCUT2D eigenvalue weighted by Gasteiger charge is 2.09. The smallest absolute Gasteiger partial charge is 0.384 e. The van der Waals surface area contributed by atoms with Crippen LogP contribution in [0.3, 0.4) is 0 Å². The van der Waals surface area contributed by atoms with Gasteiger partial charge < -0.3 is 8.85 Å². The van der Waals surface area contributed by atoms with Gasteiger partial charge in [-0.1, -0.05) is 45.3 Å². The molecule has 1 rings (SSSR count). The Bertz CT molecular complexity index is 171. The van der Waals surface area contributed by atoms with Crippen LogP contribution >= 0.6 is 0 Å². The van der Waals surface area contributed by atoms with E-state index in [-0.39, 0.29) is 0 Å². The first kappa shape index (κ1) is 16.9. The van der Waals surface area contributed by atoms with Crippen molar-refractivity contribution < 1.29 is 8.85 Å². The van der Waals surface area contributed by atoms with Gasteiger partial charge in [0, 0.05) is 13.2 Å². The predicted molar refractivity (Wildman–Crippen MR) is 76.3 cm³/mol. The highest BCUT2D eigenvalue weighted by atomic mass is 28.3. The van der Waals surface area contributed by atoms with Crippen molar-refractivity contribution in [2.75, 3.05) is 13.2 Å². The number of unbranched alkanes of at least 4 members (excludes halogenated alkanes) is 2. The van der Waals surface area contributed by atoms with E-state index in [4.69, 9.17) is 8.85 Å². The number of rotatable bonds is 9. The Balaban J connectivity index is 0.000000302. The topological polar surface area (TPSA) is 18.5 Å². The van der Waals surface area contributed by atoms with Crippen molar-refractivity contribution in [1.82, 2.24) is 0 Å². The quantitative estimate of drug-likeness (QED) is 0.348. The average Bonchev–Trinajstić information content (AvgIpc) is 3.14. The lowest BCUT2D eigenvalue weighted by molar-refractivity contribution is 0.214. The van der Waals surface area contributed by atoms with Crippen LogP contribution in [0.15, 0.2) is 12.2 Å². The molecule has 1 aliphatic carbocycles. The van der Waals surface area contributed by atoms with Crippen LogP contribution in [0.5, 0.6) is 0 Å². The molecule has 0 aromatic rings. The van der Waals surface area contributed by atoms with Gasteiger partial charge in [0.25, 0.3) is 0 Å². The van der Waals surface area contributed by atoms with E-state index in [2.05, 4.69) is 26.0 Å². The SMILES string of the molecule is CCCCCC1C=C1.CCO[Si](CC)OCC. The Morgan fingerprint density at radius 1 is 0.941 bits per heavy atom. The van der Waals surface area contributed by atoms with E-state index >= 15 is 0 Å². The molecule has 0 spiro atoms. The normalized spacial score (nSPS) is 13.7. The molecule has 0 heterocycles. The molecule has 1 radical (unpaired) electrons. The van der Waals surface area contributed by atoms with E-state index in [0.29, 0.717) is 0 Å². The van der Waals surface area contributed by atoms with Crippen LogP contribution in [0.4, 0.5) is 0 Å². The first-order valence-corrected chi connectivity index (χ1v) is 8.60. The molecule has 17 heavy (non-hydrogen) atoms. The molecule has 0 N–H and O–H groups in total. The summed E-state index contributed by atoms with van der Waals surface area (Å²) in [6.45, 7) is 9.91. The second kappa shape index (κ2) is 12.3. The van der Waals surface area contributed by atoms with Crippen molar-refractivity contribution in [3.05, 3.63) is 12.2 Å². The van der Waals surface area contributed by atoms with Crippen molar-refractivity contribution in [1.29, 1.82) is 0 Å². The van der Waals surface area contributed by atoms with Crippen LogP contribution in [0.1, 0.15) is 53.4 Å². The maximum atomic E-state index is 5.31. The number of hydrogen-bond acceptors (Lipinski definition) is 2. The van der Waals surface area contributed by atoms with Crippen molar-refractivity contribution in [2.45, 2.75) is 59.4 Å². The van der Waals surface area contributed by atoms with Crippen LogP contribution < -0.4 is 0 Å². The molecule has 0 unspecified atom stereocenters. The highest BCUT2D eigenvalue weighted by Crippen LogP contribution is 2.22. The molecule has 101 valence electrons. The van der Waals surface area contributed by atoms with Crippen molar-refractivity contribution in [2.24, 2.45) is 5.92 Å². The molecule has 0 aromatic carbocycles. The summed E-state index contributed by atoms with van der Waals surface area (Å²) in [4.78, 5) is 0. The lowest BCUT2D eigenvalue weighted by Gasteiger charge is -2.09. The summed E-state index contributed by atoms with van der Waals surface area (Å²) in [5.41, 5.74) is 0. The fourth-order valence-electron chi connectivity index (χ4n) is 1.47. The third-order valence-corrected chi connectivity index (χ3v) is 4.30. The van der Waals surface area contributed by atoms with Gasteiger partial charge in [0.2, 0.25) is 0 Å². The summed E-state index contributed by atoms with van der Waals surface area (Å²) in [6.07, 6.45) is 10.2. The minimum Gasteiger partial charge on any atom is -0.394 e. The van der Waals surface area contributed by atoms with Crippen LogP contribution in [0.25, 0.3) is 0 Å². The van der Waals surface area contributed by atoms with Crippen LogP contribution in [0, 0.1) is 5.92 Å². The molecule has 0 aliphatic heterocycles. The summed E-state index contributed by atoms with van der Waals surface area (Å²) in [7, 11) is -0.886. The van der Waals surface area contributed by atoms with E-state index in [1.807, 2.05) is 13.8 Å². The zero-order valence-electron chi connectivity index (χ0n) is 12.0. The fourth-order valence-corrected chi connectivity index (χ4v) is 2.60. The minimum absolute atomic E-state index is 0.780. The largest absolute Gasteiger partial charge is 0.394 e. The van der Waals surface area contributed by atoms with E-state index in [1.54, 1.807) is 0 Å². The van der Waals surface area contributed by atoms with Gasteiger partial charge in [-0.25, -0.2) is 0 Å². The Kier molecular flexibility index (Phi) is 12.2. The summed E-state index contributed by atoms with van der Waals surface area (Å²) < 4.78 is 10.6. The first-order valence-electron chi connectivity index (χ1n) is 7.08. The highest BCUT2D eigenvalue weighted by molar-refractivity contribution is 6.44. The second-order valence-corrected chi connectivity index (χ2v) is 6.16. The molecule has 1 aliphatic rings. The van der Waals surface area contributed by atoms with Crippen molar-refractivity contribution in [3.8, 4) is 0 Å². The Labute approximate surface area is 109 Å². The molecule has 0 fully saturated rings. The van der Waals surface area contributed by atoms with Gasteiger partial charge in [-0.15, -0.1) is 0 Å². The number of hydrogen-bond donors (Lipinski definition) is 0. The number of allylic oxidation sites excluding steroid dienone is 2. The maximum absolute atomic E-state index is 5.31. The molecular weight excluding hydrogens is 228 g/mol. The fraction of sp³-hybridized carbons (Fsp3) is 0.857. The molecule has 0 atom stereocenters. The molecule has 0 bridgehead atoms. The maximum Gasteiger partial charge on any atom is 0.384 e. The van der Waals surface area contributed by atoms with E-state index in [9.17, 15) is 0 Å². The summed E-state index contributed by atoms with van der Waals surface area (Å²) in [6, 6.07) is 1.03. The Hall–Kier alpha value is -0.123. The molecule has 0 amide bonds. The lowest BCUT2D eigenvalue weighted by atomic mass is 10.1. The van der Waals surface area contributed by atoms with Gasteiger partial charge in [0.05, 0.1) is 0 Å². The zero-order valence-corrected chi connectivity index (χ0v) is 13.0. The molecule has 0 saturated heterocycles. The first-order chi connectivity index (χ1) is 8.28. The summed E-state index contributed by atoms with van der Waals surface area (Å²) in [5, 5.41) is 0. The minimum atomic E-state index is -0.886. The van der Waals surface area contributed by atoms with Crippen molar-refractivity contribution in [3.63, 3.8) is 0 Å². The molecule has 0 aromatic heterocycles. The molecule has 3 heteroatoms. The van der Waals surface area contributed by atoms with Gasteiger partial charge in [0.1, 0.15) is 0 Å². The molecule has 0 saturated carbocycles. The van der Waals surface area contributed by atoms with E-state index in [0.717, 1.165) is 25.2 Å². The van der Waals surface area contributed by atoms with Gasteiger partial charge in [-0.2, -0.15) is 0 Å². The van der Waals surface area contributed by atoms with E-state index in [1.165, 1.54) is 25.7 Å². The molecular formula is C14H29O2Si. The average molecular weight is 257 g/mol. The molecule has 2 nitrogen and oxygen atoms in total. The van der Waals surface area contributed by atoms with Gasteiger partial charge in [-0.05, 0) is 32.2 Å². The summed E-state index contributed by atoms with van der Waals surface area (Å²) in [5.74, 6) is 0.904. The van der Waals surface area contributed by atoms with Gasteiger partial charge in [0.15, 0.2) is 0 Å². The van der Waals surface area contributed by atoms with Gasteiger partial charge in [-0.3, -0.25) is 0 Å². The van der Waals surface area contributed by atoms with Crippen LogP contribution in [0.2, 0.25) is 6.04 Å². The standard InChI is InChI=1S/C8H14.C6H15O2Si/c1-2-3-4-5-8-6-7-8;1-4-7-9(6-3)8-5-2/h6-8H,2-5H2,1H3;4-6H2,1-3H3. The van der Waals surface area contributed by atoms with Crippen LogP contribution in [-0.2, 0) is 8.85 Å². The predicted octanol–water partition coefficient (Wildman–Crippen LogP) is 4.32. The third-order valence-electron chi connectivity index (χ3n) is 2.50. The summed E-state index contributed by atoms with van der Waals surface area (Å²) >= 11 is 0. The lowest BCUT2D eigenvalue weighted by Crippen LogP contribution is -2.21. The Morgan fingerprint density at radius 3 is 1.88 bits per heavy atom. The Morgan fingerprint density at radius 2 is 1.53 bits per heavy atom. The second-order valence-electron chi connectivity index (χ2n) is 4.14. The third kappa shape index (κ3) is 12.1. The van der Waals surface area contributed by atoms with E-state index < -0.39 is 9.28 Å². The van der Waals surface area contributed by atoms with Gasteiger partial charge >= 0.3 is 9.28 Å².